The maximum absolute atomic E-state index is 12.8. The number of benzene rings is 3. The summed E-state index contributed by atoms with van der Waals surface area (Å²) in [6.45, 7) is 1.85. The number of carboxylic acid groups (broad SMARTS) is 2. The van der Waals surface area contributed by atoms with Crippen LogP contribution in [0.1, 0.15) is 54.8 Å². The molecule has 11 heteroatoms. The summed E-state index contributed by atoms with van der Waals surface area (Å²) >= 11 is 1.28. The van der Waals surface area contributed by atoms with Crippen molar-refractivity contribution in [3.05, 3.63) is 89.0 Å². The fourth-order valence-electron chi connectivity index (χ4n) is 3.32. The Labute approximate surface area is 215 Å². The summed E-state index contributed by atoms with van der Waals surface area (Å²) in [5.41, 5.74) is 5.56. The minimum Gasteiger partial charge on any atom is -0.478 e. The predicted molar refractivity (Wildman–Crippen MR) is 138 cm³/mol. The maximum Gasteiger partial charge on any atom is 0.336 e. The van der Waals surface area contributed by atoms with E-state index in [0.29, 0.717) is 28.3 Å². The van der Waals surface area contributed by atoms with Crippen LogP contribution in [0, 0.1) is 0 Å². The Bertz CT molecular complexity index is 1370. The molecule has 3 aromatic rings. The number of thioether (sulfide) groups is 1. The van der Waals surface area contributed by atoms with Crippen LogP contribution in [0.3, 0.4) is 0 Å². The number of hydrogen-bond donors (Lipinski definition) is 5. The van der Waals surface area contributed by atoms with E-state index in [9.17, 15) is 29.1 Å². The van der Waals surface area contributed by atoms with Crippen molar-refractivity contribution in [1.29, 1.82) is 0 Å². The largest absolute Gasteiger partial charge is 0.478 e. The molecule has 0 spiro atoms. The smallest absolute Gasteiger partial charge is 0.336 e. The van der Waals surface area contributed by atoms with Gasteiger partial charge in [0.2, 0.25) is 11.8 Å². The molecule has 190 valence electrons. The Morgan fingerprint density at radius 1 is 0.811 bits per heavy atom. The molecule has 0 aromatic heterocycles. The van der Waals surface area contributed by atoms with E-state index in [1.165, 1.54) is 23.9 Å². The minimum absolute atomic E-state index is 0.191. The van der Waals surface area contributed by atoms with E-state index in [0.717, 1.165) is 18.2 Å². The predicted octanol–water partition coefficient (Wildman–Crippen LogP) is 3.94. The first-order chi connectivity index (χ1) is 17.6. The number of aromatic carboxylic acids is 2. The first kappa shape index (κ1) is 27.0. The van der Waals surface area contributed by atoms with E-state index in [1.54, 1.807) is 36.4 Å². The van der Waals surface area contributed by atoms with Crippen LogP contribution >= 0.6 is 11.8 Å². The van der Waals surface area contributed by atoms with Gasteiger partial charge in [0.05, 0.1) is 21.9 Å². The number of rotatable bonds is 10. The second-order valence-corrected chi connectivity index (χ2v) is 9.07. The number of carbonyl (C=O) groups excluding carboxylic acids is 3. The van der Waals surface area contributed by atoms with E-state index >= 15 is 0 Å². The lowest BCUT2D eigenvalue weighted by atomic mass is 10.0. The van der Waals surface area contributed by atoms with Gasteiger partial charge in [0.15, 0.2) is 0 Å². The molecule has 1 unspecified atom stereocenters. The van der Waals surface area contributed by atoms with Gasteiger partial charge < -0.3 is 26.6 Å². The lowest BCUT2D eigenvalue weighted by molar-refractivity contribution is -0.115. The Hall–Kier alpha value is -4.64. The van der Waals surface area contributed by atoms with Gasteiger partial charge in [-0.05, 0) is 67.1 Å². The summed E-state index contributed by atoms with van der Waals surface area (Å²) in [5.74, 6) is -4.28. The number of amides is 3. The third-order valence-electron chi connectivity index (χ3n) is 5.21. The molecule has 0 heterocycles. The summed E-state index contributed by atoms with van der Waals surface area (Å²) in [6.07, 6.45) is 0.504. The van der Waals surface area contributed by atoms with Gasteiger partial charge in [0, 0.05) is 21.8 Å². The highest BCUT2D eigenvalue weighted by Gasteiger charge is 2.21. The lowest BCUT2D eigenvalue weighted by Gasteiger charge is -2.16. The van der Waals surface area contributed by atoms with Crippen LogP contribution in [-0.2, 0) is 4.79 Å². The molecule has 37 heavy (non-hydrogen) atoms. The van der Waals surface area contributed by atoms with Gasteiger partial charge in [-0.3, -0.25) is 14.4 Å². The van der Waals surface area contributed by atoms with E-state index in [2.05, 4.69) is 10.6 Å². The van der Waals surface area contributed by atoms with Crippen LogP contribution in [0.2, 0.25) is 0 Å². The average molecular weight is 522 g/mol. The first-order valence-corrected chi connectivity index (χ1v) is 11.9. The SMILES string of the molecule is CCC(Sc1cccc(NC(=O)c2ccc(C(=O)O)cc2C(=O)O)c1)C(=O)Nc1ccc(C(N)=O)cc1. The van der Waals surface area contributed by atoms with Crippen molar-refractivity contribution in [2.45, 2.75) is 23.5 Å². The Kier molecular flexibility index (Phi) is 8.64. The molecule has 0 aliphatic rings. The van der Waals surface area contributed by atoms with Crippen molar-refractivity contribution in [3.8, 4) is 0 Å². The molecule has 0 aliphatic carbocycles. The van der Waals surface area contributed by atoms with Crippen molar-refractivity contribution < 1.29 is 34.2 Å². The van der Waals surface area contributed by atoms with Crippen LogP contribution in [0.5, 0.6) is 0 Å². The normalized spacial score (nSPS) is 11.3. The molecule has 0 saturated heterocycles. The first-order valence-electron chi connectivity index (χ1n) is 11.0. The van der Waals surface area contributed by atoms with E-state index < -0.39 is 34.6 Å². The van der Waals surface area contributed by atoms with E-state index in [1.807, 2.05) is 6.92 Å². The second-order valence-electron chi connectivity index (χ2n) is 7.80. The van der Waals surface area contributed by atoms with Gasteiger partial charge in [0.25, 0.3) is 5.91 Å². The van der Waals surface area contributed by atoms with Crippen molar-refractivity contribution in [3.63, 3.8) is 0 Å². The second kappa shape index (κ2) is 11.9. The number of nitrogens with two attached hydrogens (primary N) is 1. The van der Waals surface area contributed by atoms with Crippen molar-refractivity contribution in [2.75, 3.05) is 10.6 Å². The molecule has 0 aliphatic heterocycles. The third-order valence-corrected chi connectivity index (χ3v) is 6.57. The molecule has 3 amide bonds. The number of hydrogen-bond acceptors (Lipinski definition) is 6. The molecular weight excluding hydrogens is 498 g/mol. The van der Waals surface area contributed by atoms with Crippen LogP contribution < -0.4 is 16.4 Å². The highest BCUT2D eigenvalue weighted by atomic mass is 32.2. The fourth-order valence-corrected chi connectivity index (χ4v) is 4.34. The highest BCUT2D eigenvalue weighted by molar-refractivity contribution is 8.00. The topological polar surface area (TPSA) is 176 Å². The number of anilines is 2. The molecule has 6 N–H and O–H groups in total. The van der Waals surface area contributed by atoms with Gasteiger partial charge in [-0.25, -0.2) is 9.59 Å². The Balaban J connectivity index is 1.72. The van der Waals surface area contributed by atoms with E-state index in [-0.39, 0.29) is 17.0 Å². The van der Waals surface area contributed by atoms with Gasteiger partial charge in [0.1, 0.15) is 0 Å². The zero-order chi connectivity index (χ0) is 27.1. The number of carbonyl (C=O) groups is 5. The molecule has 0 radical (unpaired) electrons. The quantitative estimate of drug-likeness (QED) is 0.249. The number of nitrogens with one attached hydrogen (secondary N) is 2. The maximum atomic E-state index is 12.8. The van der Waals surface area contributed by atoms with Crippen molar-refractivity contribution in [2.24, 2.45) is 5.73 Å². The monoisotopic (exact) mass is 521 g/mol. The van der Waals surface area contributed by atoms with Gasteiger partial charge in [-0.2, -0.15) is 0 Å². The molecule has 10 nitrogen and oxygen atoms in total. The number of primary amides is 1. The standard InChI is InChI=1S/C26H23N3O7S/c1-2-21(24(32)28-16-9-6-14(7-10-16)22(27)30)37-18-5-3-4-17(13-18)29-23(31)19-11-8-15(25(33)34)12-20(19)26(35)36/h3-13,21H,2H2,1H3,(H2,27,30)(H,28,32)(H,29,31)(H,33,34)(H,35,36). The Morgan fingerprint density at radius 3 is 2.08 bits per heavy atom. The minimum atomic E-state index is -1.43. The Morgan fingerprint density at radius 2 is 1.49 bits per heavy atom. The fraction of sp³-hybridized carbons (Fsp3) is 0.115. The highest BCUT2D eigenvalue weighted by Crippen LogP contribution is 2.29. The van der Waals surface area contributed by atoms with Crippen LogP contribution in [-0.4, -0.2) is 45.1 Å². The lowest BCUT2D eigenvalue weighted by Crippen LogP contribution is -2.24. The number of carboxylic acids is 2. The van der Waals surface area contributed by atoms with E-state index in [4.69, 9.17) is 10.8 Å². The average Bonchev–Trinajstić information content (AvgIpc) is 2.87. The molecule has 3 rings (SSSR count). The summed E-state index contributed by atoms with van der Waals surface area (Å²) in [4.78, 5) is 60.2. The summed E-state index contributed by atoms with van der Waals surface area (Å²) < 4.78 is 0. The van der Waals surface area contributed by atoms with Gasteiger partial charge in [-0.15, -0.1) is 11.8 Å². The molecule has 3 aromatic carbocycles. The third kappa shape index (κ3) is 6.95. The van der Waals surface area contributed by atoms with Gasteiger partial charge >= 0.3 is 11.9 Å². The zero-order valence-electron chi connectivity index (χ0n) is 19.6. The van der Waals surface area contributed by atoms with Crippen LogP contribution in [0.15, 0.2) is 71.6 Å². The summed E-state index contributed by atoms with van der Waals surface area (Å²) in [7, 11) is 0. The van der Waals surface area contributed by atoms with Crippen LogP contribution in [0.4, 0.5) is 11.4 Å². The van der Waals surface area contributed by atoms with Crippen molar-refractivity contribution in [1.82, 2.24) is 0 Å². The van der Waals surface area contributed by atoms with Gasteiger partial charge in [-0.1, -0.05) is 13.0 Å². The summed E-state index contributed by atoms with van der Waals surface area (Å²) in [6, 6.07) is 16.1. The molecule has 0 bridgehead atoms. The van der Waals surface area contributed by atoms with Crippen LogP contribution in [0.25, 0.3) is 0 Å². The molecule has 1 atom stereocenters. The molecule has 0 saturated carbocycles. The zero-order valence-corrected chi connectivity index (χ0v) is 20.4. The van der Waals surface area contributed by atoms with Crippen molar-refractivity contribution >= 4 is 52.8 Å². The molecular formula is C26H23N3O7S. The molecule has 0 fully saturated rings. The summed E-state index contributed by atoms with van der Waals surface area (Å²) in [5, 5.41) is 23.5.